The summed E-state index contributed by atoms with van der Waals surface area (Å²) < 4.78 is 37.4. The van der Waals surface area contributed by atoms with E-state index >= 15 is 0 Å². The normalized spacial score (nSPS) is 18.5. The van der Waals surface area contributed by atoms with Crippen LogP contribution in [0.2, 0.25) is 0 Å². The number of ether oxygens (including phenoxy) is 2. The maximum Gasteiger partial charge on any atom is 0.244 e. The maximum absolute atomic E-state index is 13.0. The SMILES string of the molecule is COCCNC(=O)[C@H]1CCCN1S(=O)(=O)c1cc(OC)ccc1C. The monoisotopic (exact) mass is 356 g/mol. The van der Waals surface area contributed by atoms with Crippen molar-refractivity contribution in [1.29, 1.82) is 0 Å². The summed E-state index contributed by atoms with van der Waals surface area (Å²) in [5, 5.41) is 2.72. The minimum Gasteiger partial charge on any atom is -0.497 e. The predicted octanol–water partition coefficient (Wildman–Crippen LogP) is 0.919. The number of benzene rings is 1. The van der Waals surface area contributed by atoms with E-state index in [4.69, 9.17) is 9.47 Å². The first-order valence-electron chi connectivity index (χ1n) is 7.85. The third kappa shape index (κ3) is 3.88. The molecular formula is C16H24N2O5S. The van der Waals surface area contributed by atoms with Gasteiger partial charge in [0, 0.05) is 26.3 Å². The summed E-state index contributed by atoms with van der Waals surface area (Å²) in [6.07, 6.45) is 1.17. The van der Waals surface area contributed by atoms with Gasteiger partial charge in [-0.05, 0) is 31.4 Å². The number of carbonyl (C=O) groups excluding carboxylic acids is 1. The fourth-order valence-corrected chi connectivity index (χ4v) is 4.69. The first kappa shape index (κ1) is 18.7. The smallest absolute Gasteiger partial charge is 0.244 e. The zero-order valence-electron chi connectivity index (χ0n) is 14.2. The number of nitrogens with zero attached hydrogens (tertiary/aromatic N) is 1. The molecule has 1 aliphatic heterocycles. The Hall–Kier alpha value is -1.64. The van der Waals surface area contributed by atoms with Crippen LogP contribution in [0.15, 0.2) is 23.1 Å². The van der Waals surface area contributed by atoms with E-state index < -0.39 is 16.1 Å². The number of hydrogen-bond acceptors (Lipinski definition) is 5. The van der Waals surface area contributed by atoms with Crippen molar-refractivity contribution < 1.29 is 22.7 Å². The van der Waals surface area contributed by atoms with Crippen LogP contribution in [0.1, 0.15) is 18.4 Å². The molecule has 1 N–H and O–H groups in total. The zero-order valence-corrected chi connectivity index (χ0v) is 15.1. The number of amides is 1. The highest BCUT2D eigenvalue weighted by molar-refractivity contribution is 7.89. The van der Waals surface area contributed by atoms with E-state index in [1.54, 1.807) is 26.2 Å². The molecule has 8 heteroatoms. The summed E-state index contributed by atoms with van der Waals surface area (Å²) in [6, 6.07) is 4.24. The van der Waals surface area contributed by atoms with Crippen LogP contribution in [0.25, 0.3) is 0 Å². The molecule has 1 heterocycles. The highest BCUT2D eigenvalue weighted by Gasteiger charge is 2.39. The lowest BCUT2D eigenvalue weighted by Gasteiger charge is -2.24. The number of aryl methyl sites for hydroxylation is 1. The zero-order chi connectivity index (χ0) is 17.7. The van der Waals surface area contributed by atoms with Crippen LogP contribution in [-0.2, 0) is 19.6 Å². The van der Waals surface area contributed by atoms with Gasteiger partial charge in [-0.2, -0.15) is 4.31 Å². The molecular weight excluding hydrogens is 332 g/mol. The summed E-state index contributed by atoms with van der Waals surface area (Å²) >= 11 is 0. The lowest BCUT2D eigenvalue weighted by atomic mass is 10.2. The second-order valence-corrected chi connectivity index (χ2v) is 7.55. The van der Waals surface area contributed by atoms with E-state index in [1.165, 1.54) is 17.5 Å². The van der Waals surface area contributed by atoms with Crippen LogP contribution < -0.4 is 10.1 Å². The Balaban J connectivity index is 2.26. The maximum atomic E-state index is 13.0. The summed E-state index contributed by atoms with van der Waals surface area (Å²) in [6.45, 7) is 2.81. The highest BCUT2D eigenvalue weighted by Crippen LogP contribution is 2.30. The number of carbonyl (C=O) groups is 1. The van der Waals surface area contributed by atoms with Gasteiger partial charge < -0.3 is 14.8 Å². The summed E-state index contributed by atoms with van der Waals surface area (Å²) in [4.78, 5) is 12.5. The molecule has 1 fully saturated rings. The van der Waals surface area contributed by atoms with Crippen LogP contribution in [0.4, 0.5) is 0 Å². The molecule has 24 heavy (non-hydrogen) atoms. The van der Waals surface area contributed by atoms with Gasteiger partial charge in [0.05, 0.1) is 18.6 Å². The number of hydrogen-bond donors (Lipinski definition) is 1. The molecule has 134 valence electrons. The van der Waals surface area contributed by atoms with Gasteiger partial charge in [0.2, 0.25) is 15.9 Å². The van der Waals surface area contributed by atoms with Crippen molar-refractivity contribution in [2.45, 2.75) is 30.7 Å². The van der Waals surface area contributed by atoms with E-state index in [0.29, 0.717) is 43.9 Å². The average Bonchev–Trinajstić information content (AvgIpc) is 3.06. The summed E-state index contributed by atoms with van der Waals surface area (Å²) in [7, 11) is -0.731. The van der Waals surface area contributed by atoms with Gasteiger partial charge in [0.25, 0.3) is 0 Å². The van der Waals surface area contributed by atoms with E-state index in [9.17, 15) is 13.2 Å². The van der Waals surface area contributed by atoms with Crippen molar-refractivity contribution in [3.05, 3.63) is 23.8 Å². The van der Waals surface area contributed by atoms with Crippen molar-refractivity contribution >= 4 is 15.9 Å². The Morgan fingerprint density at radius 1 is 1.38 bits per heavy atom. The quantitative estimate of drug-likeness (QED) is 0.735. The first-order valence-corrected chi connectivity index (χ1v) is 9.29. The molecule has 0 unspecified atom stereocenters. The second kappa shape index (κ2) is 7.96. The van der Waals surface area contributed by atoms with Crippen molar-refractivity contribution in [2.75, 3.05) is 33.9 Å². The molecule has 1 saturated heterocycles. The van der Waals surface area contributed by atoms with E-state index in [0.717, 1.165) is 0 Å². The van der Waals surface area contributed by atoms with Crippen molar-refractivity contribution in [1.82, 2.24) is 9.62 Å². The predicted molar refractivity (Wildman–Crippen MR) is 89.5 cm³/mol. The Bertz CT molecular complexity index is 690. The van der Waals surface area contributed by atoms with Crippen LogP contribution >= 0.6 is 0 Å². The molecule has 7 nitrogen and oxygen atoms in total. The molecule has 1 aliphatic rings. The van der Waals surface area contributed by atoms with Crippen LogP contribution in [0.5, 0.6) is 5.75 Å². The highest BCUT2D eigenvalue weighted by atomic mass is 32.2. The van der Waals surface area contributed by atoms with E-state index in [2.05, 4.69) is 5.32 Å². The van der Waals surface area contributed by atoms with Gasteiger partial charge >= 0.3 is 0 Å². The minimum absolute atomic E-state index is 0.179. The average molecular weight is 356 g/mol. The third-order valence-corrected chi connectivity index (χ3v) is 6.14. The Labute approximate surface area is 143 Å². The standard InChI is InChI=1S/C16H24N2O5S/c1-12-6-7-13(23-3)11-15(12)24(20,21)18-9-4-5-14(18)16(19)17-8-10-22-2/h6-7,11,14H,4-5,8-10H2,1-3H3,(H,17,19)/t14-/m1/s1. The Kier molecular flexibility index (Phi) is 6.20. The first-order chi connectivity index (χ1) is 11.4. The topological polar surface area (TPSA) is 84.9 Å². The second-order valence-electron chi connectivity index (χ2n) is 5.69. The van der Waals surface area contributed by atoms with E-state index in [-0.39, 0.29) is 10.8 Å². The van der Waals surface area contributed by atoms with Gasteiger partial charge in [0.1, 0.15) is 11.8 Å². The van der Waals surface area contributed by atoms with Gasteiger partial charge in [-0.25, -0.2) is 8.42 Å². The molecule has 0 saturated carbocycles. The molecule has 0 aliphatic carbocycles. The van der Waals surface area contributed by atoms with Crippen LogP contribution in [0.3, 0.4) is 0 Å². The Morgan fingerprint density at radius 2 is 2.12 bits per heavy atom. The Morgan fingerprint density at radius 3 is 2.79 bits per heavy atom. The van der Waals surface area contributed by atoms with E-state index in [1.807, 2.05) is 0 Å². The molecule has 1 amide bonds. The van der Waals surface area contributed by atoms with Crippen molar-refractivity contribution in [3.8, 4) is 5.75 Å². The molecule has 1 atom stereocenters. The van der Waals surface area contributed by atoms with Crippen molar-refractivity contribution in [3.63, 3.8) is 0 Å². The largest absolute Gasteiger partial charge is 0.497 e. The lowest BCUT2D eigenvalue weighted by Crippen LogP contribution is -2.46. The number of sulfonamides is 1. The number of methoxy groups -OCH3 is 2. The molecule has 2 rings (SSSR count). The minimum atomic E-state index is -3.77. The molecule has 1 aromatic carbocycles. The van der Waals surface area contributed by atoms with Gasteiger partial charge in [0.15, 0.2) is 0 Å². The van der Waals surface area contributed by atoms with Gasteiger partial charge in [-0.15, -0.1) is 0 Å². The number of rotatable bonds is 7. The molecule has 1 aromatic rings. The lowest BCUT2D eigenvalue weighted by molar-refractivity contribution is -0.124. The fourth-order valence-electron chi connectivity index (χ4n) is 2.80. The van der Waals surface area contributed by atoms with Crippen molar-refractivity contribution in [2.24, 2.45) is 0 Å². The molecule has 0 bridgehead atoms. The fraction of sp³-hybridized carbons (Fsp3) is 0.562. The number of nitrogens with one attached hydrogen (secondary N) is 1. The molecule has 0 aromatic heterocycles. The van der Waals surface area contributed by atoms with Gasteiger partial charge in [-0.1, -0.05) is 6.07 Å². The van der Waals surface area contributed by atoms with Crippen LogP contribution in [-0.4, -0.2) is 58.6 Å². The third-order valence-electron chi connectivity index (χ3n) is 4.09. The summed E-state index contributed by atoms with van der Waals surface area (Å²) in [5.74, 6) is 0.188. The molecule has 0 radical (unpaired) electrons. The molecule has 0 spiro atoms. The van der Waals surface area contributed by atoms with Crippen LogP contribution in [0, 0.1) is 6.92 Å². The van der Waals surface area contributed by atoms with Gasteiger partial charge in [-0.3, -0.25) is 4.79 Å². The summed E-state index contributed by atoms with van der Waals surface area (Å²) in [5.41, 5.74) is 0.626.